The first-order valence-corrected chi connectivity index (χ1v) is 10.9. The van der Waals surface area contributed by atoms with Crippen LogP contribution in [0.2, 0.25) is 0 Å². The van der Waals surface area contributed by atoms with Gasteiger partial charge in [0.1, 0.15) is 9.84 Å². The molecule has 1 unspecified atom stereocenters. The van der Waals surface area contributed by atoms with Gasteiger partial charge in [-0.1, -0.05) is 0 Å². The molecule has 0 aromatic carbocycles. The van der Waals surface area contributed by atoms with E-state index in [4.69, 9.17) is 0 Å². The molecule has 8 nitrogen and oxygen atoms in total. The normalized spacial score (nSPS) is 20.8. The standard InChI is InChI=1S/C12H26N4O4S2/c1-11(5-10-21(3,17)18)15-12(13-2)14-6-8-16-7-4-9-22(16,19)20/h11H,4-10H2,1-3H3,(H2,13,14,15). The fraction of sp³-hybridized carbons (Fsp3) is 0.917. The van der Waals surface area contributed by atoms with E-state index in [2.05, 4.69) is 15.6 Å². The number of hydrogen-bond acceptors (Lipinski definition) is 5. The quantitative estimate of drug-likeness (QED) is 0.449. The largest absolute Gasteiger partial charge is 0.355 e. The summed E-state index contributed by atoms with van der Waals surface area (Å²) in [6.07, 6.45) is 2.38. The summed E-state index contributed by atoms with van der Waals surface area (Å²) in [5.74, 6) is 0.879. The molecule has 0 amide bonds. The molecule has 1 atom stereocenters. The molecule has 1 fully saturated rings. The van der Waals surface area contributed by atoms with Crippen LogP contribution in [-0.4, -0.2) is 77.6 Å². The Kier molecular flexibility index (Phi) is 7.07. The van der Waals surface area contributed by atoms with E-state index in [1.165, 1.54) is 10.6 Å². The molecule has 1 saturated heterocycles. The second-order valence-corrected chi connectivity index (χ2v) is 9.88. The van der Waals surface area contributed by atoms with Crippen molar-refractivity contribution in [1.29, 1.82) is 0 Å². The minimum absolute atomic E-state index is 0.0450. The van der Waals surface area contributed by atoms with Gasteiger partial charge in [0, 0.05) is 39.0 Å². The van der Waals surface area contributed by atoms with Crippen LogP contribution >= 0.6 is 0 Å². The SMILES string of the molecule is CN=C(NCCN1CCCS1(=O)=O)NC(C)CCS(C)(=O)=O. The second kappa shape index (κ2) is 8.11. The van der Waals surface area contributed by atoms with E-state index in [1.54, 1.807) is 7.05 Å². The lowest BCUT2D eigenvalue weighted by Crippen LogP contribution is -2.45. The highest BCUT2D eigenvalue weighted by molar-refractivity contribution is 7.90. The molecule has 0 spiro atoms. The van der Waals surface area contributed by atoms with Crippen molar-refractivity contribution >= 4 is 25.8 Å². The lowest BCUT2D eigenvalue weighted by Gasteiger charge is -2.19. The monoisotopic (exact) mass is 354 g/mol. The Morgan fingerprint density at radius 1 is 1.41 bits per heavy atom. The number of aliphatic imine (C=N–C) groups is 1. The molecule has 0 bridgehead atoms. The third-order valence-corrected chi connectivity index (χ3v) is 6.32. The Bertz CT molecular complexity index is 586. The van der Waals surface area contributed by atoms with Crippen LogP contribution in [0.25, 0.3) is 0 Å². The predicted octanol–water partition coefficient (Wildman–Crippen LogP) is -0.990. The average molecular weight is 354 g/mol. The minimum Gasteiger partial charge on any atom is -0.355 e. The Morgan fingerprint density at radius 3 is 2.59 bits per heavy atom. The van der Waals surface area contributed by atoms with E-state index in [1.807, 2.05) is 6.92 Å². The molecule has 0 aromatic heterocycles. The highest BCUT2D eigenvalue weighted by Gasteiger charge is 2.27. The molecule has 130 valence electrons. The molecule has 1 aliphatic rings. The summed E-state index contributed by atoms with van der Waals surface area (Å²) in [5.41, 5.74) is 0. The first-order valence-electron chi connectivity index (χ1n) is 7.27. The van der Waals surface area contributed by atoms with Gasteiger partial charge in [0.25, 0.3) is 0 Å². The van der Waals surface area contributed by atoms with Gasteiger partial charge in [0.05, 0.1) is 11.5 Å². The van der Waals surface area contributed by atoms with E-state index in [9.17, 15) is 16.8 Å². The molecule has 10 heteroatoms. The molecule has 1 aliphatic heterocycles. The van der Waals surface area contributed by atoms with Crippen LogP contribution < -0.4 is 10.6 Å². The van der Waals surface area contributed by atoms with Gasteiger partial charge >= 0.3 is 0 Å². The lowest BCUT2D eigenvalue weighted by atomic mass is 10.3. The number of hydrogen-bond donors (Lipinski definition) is 2. The van der Waals surface area contributed by atoms with Crippen molar-refractivity contribution in [2.24, 2.45) is 4.99 Å². The van der Waals surface area contributed by atoms with Crippen LogP contribution in [0.5, 0.6) is 0 Å². The Morgan fingerprint density at radius 2 is 2.09 bits per heavy atom. The topological polar surface area (TPSA) is 108 Å². The molecular weight excluding hydrogens is 328 g/mol. The number of guanidine groups is 1. The number of nitrogens with zero attached hydrogens (tertiary/aromatic N) is 2. The summed E-state index contributed by atoms with van der Waals surface area (Å²) in [5, 5.41) is 6.14. The van der Waals surface area contributed by atoms with Crippen molar-refractivity contribution in [3.05, 3.63) is 0 Å². The zero-order chi connectivity index (χ0) is 16.8. The van der Waals surface area contributed by atoms with Gasteiger partial charge in [-0.25, -0.2) is 21.1 Å². The van der Waals surface area contributed by atoms with Gasteiger partial charge in [0.15, 0.2) is 5.96 Å². The number of rotatable bonds is 7. The van der Waals surface area contributed by atoms with Crippen molar-refractivity contribution < 1.29 is 16.8 Å². The van der Waals surface area contributed by atoms with E-state index in [0.29, 0.717) is 38.4 Å². The van der Waals surface area contributed by atoms with Crippen LogP contribution in [0.3, 0.4) is 0 Å². The average Bonchev–Trinajstić information content (AvgIpc) is 2.73. The lowest BCUT2D eigenvalue weighted by molar-refractivity contribution is 0.444. The third kappa shape index (κ3) is 6.93. The van der Waals surface area contributed by atoms with Crippen LogP contribution in [0.4, 0.5) is 0 Å². The van der Waals surface area contributed by atoms with Crippen molar-refractivity contribution in [2.45, 2.75) is 25.8 Å². The highest BCUT2D eigenvalue weighted by atomic mass is 32.2. The fourth-order valence-corrected chi connectivity index (χ4v) is 4.44. The van der Waals surface area contributed by atoms with Gasteiger partial charge < -0.3 is 10.6 Å². The Balaban J connectivity index is 2.34. The van der Waals surface area contributed by atoms with E-state index in [0.717, 1.165) is 0 Å². The molecule has 22 heavy (non-hydrogen) atoms. The smallest absolute Gasteiger partial charge is 0.214 e. The summed E-state index contributed by atoms with van der Waals surface area (Å²) in [7, 11) is -4.43. The van der Waals surface area contributed by atoms with Crippen LogP contribution in [0.15, 0.2) is 4.99 Å². The Hall–Kier alpha value is -0.870. The zero-order valence-electron chi connectivity index (χ0n) is 13.4. The third-order valence-electron chi connectivity index (χ3n) is 3.39. The predicted molar refractivity (Wildman–Crippen MR) is 88.3 cm³/mol. The van der Waals surface area contributed by atoms with Gasteiger partial charge in [0.2, 0.25) is 10.0 Å². The van der Waals surface area contributed by atoms with E-state index >= 15 is 0 Å². The van der Waals surface area contributed by atoms with E-state index < -0.39 is 19.9 Å². The van der Waals surface area contributed by atoms with Crippen LogP contribution in [0, 0.1) is 0 Å². The highest BCUT2D eigenvalue weighted by Crippen LogP contribution is 2.11. The van der Waals surface area contributed by atoms with Crippen LogP contribution in [0.1, 0.15) is 19.8 Å². The fourth-order valence-electron chi connectivity index (χ4n) is 2.13. The molecule has 0 radical (unpaired) electrons. The maximum absolute atomic E-state index is 11.7. The molecule has 2 N–H and O–H groups in total. The van der Waals surface area contributed by atoms with Gasteiger partial charge in [-0.15, -0.1) is 0 Å². The minimum atomic E-state index is -3.07. The Labute approximate surface area is 133 Å². The first kappa shape index (κ1) is 19.2. The molecule has 1 heterocycles. The van der Waals surface area contributed by atoms with Gasteiger partial charge in [-0.05, 0) is 19.8 Å². The zero-order valence-corrected chi connectivity index (χ0v) is 15.0. The van der Waals surface area contributed by atoms with Gasteiger partial charge in [-0.2, -0.15) is 0 Å². The van der Waals surface area contributed by atoms with Crippen molar-refractivity contribution in [3.8, 4) is 0 Å². The molecular formula is C12H26N4O4S2. The second-order valence-electron chi connectivity index (χ2n) is 5.53. The number of sulfonamides is 1. The van der Waals surface area contributed by atoms with Crippen molar-refractivity contribution in [1.82, 2.24) is 14.9 Å². The maximum atomic E-state index is 11.7. The summed E-state index contributed by atoms with van der Waals surface area (Å²) in [6, 6.07) is -0.0450. The molecule has 1 rings (SSSR count). The summed E-state index contributed by atoms with van der Waals surface area (Å²) < 4.78 is 47.1. The first-order chi connectivity index (χ1) is 10.1. The van der Waals surface area contributed by atoms with Crippen LogP contribution in [-0.2, 0) is 19.9 Å². The number of sulfone groups is 1. The summed E-state index contributed by atoms with van der Waals surface area (Å²) in [4.78, 5) is 4.05. The van der Waals surface area contributed by atoms with E-state index in [-0.39, 0.29) is 17.5 Å². The maximum Gasteiger partial charge on any atom is 0.214 e. The van der Waals surface area contributed by atoms with Crippen molar-refractivity contribution in [3.63, 3.8) is 0 Å². The number of nitrogens with one attached hydrogen (secondary N) is 2. The van der Waals surface area contributed by atoms with Crippen molar-refractivity contribution in [2.75, 3.05) is 44.4 Å². The summed E-state index contributed by atoms with van der Waals surface area (Å²) in [6.45, 7) is 3.31. The van der Waals surface area contributed by atoms with Gasteiger partial charge in [-0.3, -0.25) is 4.99 Å². The molecule has 0 aliphatic carbocycles. The molecule has 0 aromatic rings. The molecule has 0 saturated carbocycles. The summed E-state index contributed by atoms with van der Waals surface area (Å²) >= 11 is 0.